The van der Waals surface area contributed by atoms with Gasteiger partial charge in [0.25, 0.3) is 11.8 Å². The molecule has 0 aliphatic carbocycles. The van der Waals surface area contributed by atoms with Crippen molar-refractivity contribution in [3.05, 3.63) is 59.2 Å². The molecule has 1 atom stereocenters. The Balaban J connectivity index is 1.10. The van der Waals surface area contributed by atoms with Gasteiger partial charge in [-0.05, 0) is 30.2 Å². The van der Waals surface area contributed by atoms with E-state index in [0.29, 0.717) is 30.8 Å². The zero-order chi connectivity index (χ0) is 28.2. The first kappa shape index (κ1) is 26.9. The Morgan fingerprint density at radius 2 is 2.05 bits per heavy atom. The second kappa shape index (κ2) is 11.6. The van der Waals surface area contributed by atoms with Crippen molar-refractivity contribution >= 4 is 23.6 Å². The number of rotatable bonds is 10. The van der Waals surface area contributed by atoms with Crippen LogP contribution in [0, 0.1) is 5.82 Å². The molecule has 2 aliphatic heterocycles. The van der Waals surface area contributed by atoms with Crippen LogP contribution >= 0.6 is 0 Å². The highest BCUT2D eigenvalue weighted by atomic mass is 19.1. The van der Waals surface area contributed by atoms with Crippen LogP contribution in [-0.2, 0) is 27.4 Å². The number of carbonyl (C=O) groups excluding carboxylic acids is 4. The van der Waals surface area contributed by atoms with E-state index < -0.39 is 23.7 Å². The van der Waals surface area contributed by atoms with E-state index in [1.54, 1.807) is 23.0 Å². The minimum absolute atomic E-state index is 0.0650. The number of halogens is 1. The molecule has 40 heavy (non-hydrogen) atoms. The van der Waals surface area contributed by atoms with Gasteiger partial charge in [-0.2, -0.15) is 0 Å². The first-order valence-corrected chi connectivity index (χ1v) is 12.6. The van der Waals surface area contributed by atoms with Crippen molar-refractivity contribution in [2.75, 3.05) is 26.9 Å². The quantitative estimate of drug-likeness (QED) is 0.273. The summed E-state index contributed by atoms with van der Waals surface area (Å²) >= 11 is 0. The summed E-state index contributed by atoms with van der Waals surface area (Å²) in [6, 6.07) is 5.73. The lowest BCUT2D eigenvalue weighted by atomic mass is 10.0. The Bertz CT molecular complexity index is 1480. The van der Waals surface area contributed by atoms with Gasteiger partial charge in [0.05, 0.1) is 31.5 Å². The van der Waals surface area contributed by atoms with Crippen LogP contribution < -0.4 is 15.4 Å². The van der Waals surface area contributed by atoms with E-state index in [1.807, 2.05) is 6.07 Å². The topological polar surface area (TPSA) is 158 Å². The van der Waals surface area contributed by atoms with Gasteiger partial charge in [0.2, 0.25) is 17.7 Å². The number of nitrogens with one attached hydrogen (secondary N) is 2. The van der Waals surface area contributed by atoms with Crippen LogP contribution in [0.2, 0.25) is 0 Å². The molecule has 4 heterocycles. The summed E-state index contributed by atoms with van der Waals surface area (Å²) in [5.74, 6) is -2.41. The molecule has 1 aromatic carbocycles. The number of hydrogen-bond donors (Lipinski definition) is 2. The fourth-order valence-corrected chi connectivity index (χ4v) is 4.53. The Labute approximate surface area is 227 Å². The van der Waals surface area contributed by atoms with Crippen LogP contribution in [-0.4, -0.2) is 81.4 Å². The zero-order valence-corrected chi connectivity index (χ0v) is 21.6. The van der Waals surface area contributed by atoms with Gasteiger partial charge in [-0.3, -0.25) is 24.5 Å². The van der Waals surface area contributed by atoms with E-state index in [-0.39, 0.29) is 49.4 Å². The van der Waals surface area contributed by atoms with Gasteiger partial charge in [0.15, 0.2) is 5.82 Å². The van der Waals surface area contributed by atoms with E-state index in [9.17, 15) is 23.6 Å². The fraction of sp³-hybridized carbons (Fsp3) is 0.346. The predicted molar refractivity (Wildman–Crippen MR) is 135 cm³/mol. The molecule has 208 valence electrons. The summed E-state index contributed by atoms with van der Waals surface area (Å²) in [6.07, 6.45) is 3.49. The van der Waals surface area contributed by atoms with Crippen molar-refractivity contribution < 1.29 is 33.0 Å². The molecule has 1 fully saturated rings. The molecule has 1 saturated heterocycles. The molecule has 14 heteroatoms. The lowest BCUT2D eigenvalue weighted by Crippen LogP contribution is -2.52. The number of ether oxygens (including phenoxy) is 2. The Kier molecular flexibility index (Phi) is 7.77. The summed E-state index contributed by atoms with van der Waals surface area (Å²) in [4.78, 5) is 53.4. The molecular weight excluding hydrogens is 525 g/mol. The van der Waals surface area contributed by atoms with Crippen LogP contribution in [0.3, 0.4) is 0 Å². The monoisotopic (exact) mass is 551 g/mol. The van der Waals surface area contributed by atoms with Crippen molar-refractivity contribution in [1.82, 2.24) is 35.5 Å². The second-order valence-electron chi connectivity index (χ2n) is 9.19. The fourth-order valence-electron chi connectivity index (χ4n) is 4.53. The molecular formula is C26H26FN7O6. The Morgan fingerprint density at radius 3 is 2.83 bits per heavy atom. The number of aromatic nitrogens is 4. The third-order valence-corrected chi connectivity index (χ3v) is 6.59. The van der Waals surface area contributed by atoms with Gasteiger partial charge in [-0.25, -0.2) is 14.1 Å². The van der Waals surface area contributed by atoms with Crippen molar-refractivity contribution in [2.24, 2.45) is 0 Å². The zero-order valence-electron chi connectivity index (χ0n) is 21.6. The molecule has 3 aromatic rings. The van der Waals surface area contributed by atoms with Crippen molar-refractivity contribution in [1.29, 1.82) is 0 Å². The number of nitrogens with zero attached hydrogens (tertiary/aromatic N) is 5. The number of amides is 4. The highest BCUT2D eigenvalue weighted by Gasteiger charge is 2.39. The summed E-state index contributed by atoms with van der Waals surface area (Å²) < 4.78 is 26.5. The van der Waals surface area contributed by atoms with Gasteiger partial charge < -0.3 is 19.7 Å². The third kappa shape index (κ3) is 5.66. The average molecular weight is 552 g/mol. The van der Waals surface area contributed by atoms with E-state index in [0.717, 1.165) is 17.2 Å². The molecule has 1 unspecified atom stereocenters. The largest absolute Gasteiger partial charge is 0.473 e. The third-order valence-electron chi connectivity index (χ3n) is 6.59. The summed E-state index contributed by atoms with van der Waals surface area (Å²) in [5.41, 5.74) is 2.78. The molecule has 5 rings (SSSR count). The highest BCUT2D eigenvalue weighted by Crippen LogP contribution is 2.30. The number of carbonyl (C=O) groups is 4. The number of piperidine rings is 1. The van der Waals surface area contributed by atoms with Gasteiger partial charge in [-0.15, -0.1) is 5.10 Å². The first-order valence-electron chi connectivity index (χ1n) is 12.6. The van der Waals surface area contributed by atoms with Crippen LogP contribution in [0.5, 0.6) is 5.88 Å². The van der Waals surface area contributed by atoms with Crippen molar-refractivity contribution in [3.8, 4) is 17.1 Å². The minimum Gasteiger partial charge on any atom is -0.473 e. The van der Waals surface area contributed by atoms with Crippen LogP contribution in [0.25, 0.3) is 11.3 Å². The van der Waals surface area contributed by atoms with Gasteiger partial charge in [0, 0.05) is 37.3 Å². The number of hydrogen-bond acceptors (Lipinski definition) is 9. The summed E-state index contributed by atoms with van der Waals surface area (Å²) in [7, 11) is 1.44. The molecule has 2 aromatic heterocycles. The lowest BCUT2D eigenvalue weighted by molar-refractivity contribution is -0.136. The maximum Gasteiger partial charge on any atom is 0.255 e. The summed E-state index contributed by atoms with van der Waals surface area (Å²) in [5, 5.41) is 13.0. The van der Waals surface area contributed by atoms with Crippen LogP contribution in [0.15, 0.2) is 36.7 Å². The second-order valence-corrected chi connectivity index (χ2v) is 9.19. The van der Waals surface area contributed by atoms with E-state index >= 15 is 0 Å². The highest BCUT2D eigenvalue weighted by molar-refractivity contribution is 6.05. The first-order chi connectivity index (χ1) is 19.3. The SMILES string of the molecule is CNC(=O)c1cnc(OCCOCCn2cc(-c3ccc4c(c3)CN(C3CCC(=O)NC3=O)C4=O)nn2)c(F)c1. The summed E-state index contributed by atoms with van der Waals surface area (Å²) in [6.45, 7) is 1.23. The number of imide groups is 1. The number of fused-ring (bicyclic) bond motifs is 1. The molecule has 13 nitrogen and oxygen atoms in total. The van der Waals surface area contributed by atoms with E-state index in [4.69, 9.17) is 9.47 Å². The molecule has 0 bridgehead atoms. The minimum atomic E-state index is -0.740. The van der Waals surface area contributed by atoms with E-state index in [2.05, 4.69) is 25.9 Å². The Morgan fingerprint density at radius 1 is 1.20 bits per heavy atom. The molecule has 0 saturated carbocycles. The van der Waals surface area contributed by atoms with Crippen LogP contribution in [0.4, 0.5) is 4.39 Å². The predicted octanol–water partition coefficient (Wildman–Crippen LogP) is 0.695. The maximum atomic E-state index is 14.0. The number of pyridine rings is 1. The Hall–Kier alpha value is -4.72. The van der Waals surface area contributed by atoms with Gasteiger partial charge in [-0.1, -0.05) is 11.3 Å². The smallest absolute Gasteiger partial charge is 0.255 e. The standard InChI is InChI=1S/C26H26FN7O6/c1-28-23(36)16-11-19(27)25(29-12-16)40-9-8-39-7-6-33-14-20(31-32-33)15-2-3-18-17(10-15)13-34(26(18)38)21-4-5-22(35)30-24(21)37/h2-3,10-12,14,21H,4-9,13H2,1H3,(H,28,36)(H,30,35,37). The molecule has 4 amide bonds. The molecule has 0 spiro atoms. The van der Waals surface area contributed by atoms with Crippen LogP contribution in [0.1, 0.15) is 39.1 Å². The van der Waals surface area contributed by atoms with Gasteiger partial charge in [0.1, 0.15) is 18.3 Å². The van der Waals surface area contributed by atoms with E-state index in [1.165, 1.54) is 18.1 Å². The average Bonchev–Trinajstić information content (AvgIpc) is 3.55. The normalized spacial score (nSPS) is 16.6. The maximum absolute atomic E-state index is 14.0. The van der Waals surface area contributed by atoms with Gasteiger partial charge >= 0.3 is 0 Å². The lowest BCUT2D eigenvalue weighted by Gasteiger charge is -2.29. The molecule has 2 aliphatic rings. The molecule has 2 N–H and O–H groups in total. The van der Waals surface area contributed by atoms with Crippen molar-refractivity contribution in [2.45, 2.75) is 32.0 Å². The molecule has 0 radical (unpaired) electrons. The van der Waals surface area contributed by atoms with Crippen molar-refractivity contribution in [3.63, 3.8) is 0 Å². The number of benzene rings is 1.